The normalized spacial score (nSPS) is 11.1. The van der Waals surface area contributed by atoms with Crippen LogP contribution in [0, 0.1) is 6.92 Å². The highest BCUT2D eigenvalue weighted by atomic mass is 15.1. The van der Waals surface area contributed by atoms with Gasteiger partial charge in [-0.25, -0.2) is 4.98 Å². The van der Waals surface area contributed by atoms with E-state index in [-0.39, 0.29) is 0 Å². The molecule has 7 nitrogen and oxygen atoms in total. The fourth-order valence-electron chi connectivity index (χ4n) is 3.16. The van der Waals surface area contributed by atoms with Gasteiger partial charge in [0.1, 0.15) is 5.69 Å². The number of pyridine rings is 3. The predicted octanol–water partition coefficient (Wildman–Crippen LogP) is 3.78. The van der Waals surface area contributed by atoms with E-state index in [4.69, 9.17) is 4.98 Å². The molecule has 0 aliphatic heterocycles. The molecule has 5 rings (SSSR count). The monoisotopic (exact) mass is 353 g/mol. The average molecular weight is 353 g/mol. The van der Waals surface area contributed by atoms with Crippen molar-refractivity contribution in [3.8, 4) is 33.8 Å². The van der Waals surface area contributed by atoms with E-state index in [0.717, 1.165) is 50.5 Å². The van der Waals surface area contributed by atoms with Crippen LogP contribution in [0.3, 0.4) is 0 Å². The molecule has 0 saturated heterocycles. The van der Waals surface area contributed by atoms with Gasteiger partial charge in [-0.05, 0) is 37.3 Å². The van der Waals surface area contributed by atoms with Crippen molar-refractivity contribution in [2.75, 3.05) is 0 Å². The van der Waals surface area contributed by atoms with Crippen molar-refractivity contribution in [3.05, 3.63) is 66.9 Å². The number of hydrogen-bond acceptors (Lipinski definition) is 5. The molecule has 130 valence electrons. The summed E-state index contributed by atoms with van der Waals surface area (Å²) < 4.78 is 0. The van der Waals surface area contributed by atoms with Gasteiger partial charge in [0.15, 0.2) is 0 Å². The van der Waals surface area contributed by atoms with E-state index in [9.17, 15) is 0 Å². The predicted molar refractivity (Wildman–Crippen MR) is 103 cm³/mol. The largest absolute Gasteiger partial charge is 0.285 e. The molecule has 2 N–H and O–H groups in total. The van der Waals surface area contributed by atoms with Gasteiger partial charge in [-0.1, -0.05) is 6.07 Å². The maximum absolute atomic E-state index is 4.89. The standard InChI is InChI=1S/C20H15N7/c1-12-3-2-4-18(25-12)20-15(11-24-27-20)16-5-6-17-19(26-16)14(7-8-21-17)13-9-22-23-10-13/h2-11H,1H3,(H,22,23)(H,24,27). The smallest absolute Gasteiger partial charge is 0.120 e. The molecule has 0 radical (unpaired) electrons. The molecule has 0 fully saturated rings. The first-order valence-corrected chi connectivity index (χ1v) is 8.53. The van der Waals surface area contributed by atoms with E-state index >= 15 is 0 Å². The minimum absolute atomic E-state index is 0.777. The lowest BCUT2D eigenvalue weighted by Crippen LogP contribution is -1.92. The van der Waals surface area contributed by atoms with Crippen LogP contribution >= 0.6 is 0 Å². The summed E-state index contributed by atoms with van der Waals surface area (Å²) in [6.45, 7) is 1.97. The Morgan fingerprint density at radius 2 is 1.81 bits per heavy atom. The van der Waals surface area contributed by atoms with Gasteiger partial charge >= 0.3 is 0 Å². The third kappa shape index (κ3) is 2.65. The van der Waals surface area contributed by atoms with Crippen LogP contribution in [0.5, 0.6) is 0 Å². The van der Waals surface area contributed by atoms with Gasteiger partial charge in [0.05, 0.1) is 28.6 Å². The van der Waals surface area contributed by atoms with Crippen molar-refractivity contribution < 1.29 is 0 Å². The fourth-order valence-corrected chi connectivity index (χ4v) is 3.16. The molecule has 5 heterocycles. The molecule has 0 saturated carbocycles. The zero-order valence-corrected chi connectivity index (χ0v) is 14.5. The quantitative estimate of drug-likeness (QED) is 0.514. The molecule has 0 unspecified atom stereocenters. The second kappa shape index (κ2) is 6.14. The highest BCUT2D eigenvalue weighted by Gasteiger charge is 2.15. The minimum atomic E-state index is 0.777. The molecule has 0 aromatic carbocycles. The van der Waals surface area contributed by atoms with Crippen LogP contribution < -0.4 is 0 Å². The van der Waals surface area contributed by atoms with Crippen LogP contribution in [0.15, 0.2) is 61.2 Å². The summed E-state index contributed by atoms with van der Waals surface area (Å²) in [4.78, 5) is 13.9. The lowest BCUT2D eigenvalue weighted by atomic mass is 10.1. The summed E-state index contributed by atoms with van der Waals surface area (Å²) in [6.07, 6.45) is 7.26. The Bertz CT molecular complexity index is 1240. The number of nitrogens with one attached hydrogen (secondary N) is 2. The van der Waals surface area contributed by atoms with Crippen LogP contribution in [0.1, 0.15) is 5.69 Å². The number of H-pyrrole nitrogens is 2. The fraction of sp³-hybridized carbons (Fsp3) is 0.0500. The Kier molecular flexibility index (Phi) is 3.50. The number of aromatic amines is 2. The zero-order valence-electron chi connectivity index (χ0n) is 14.5. The highest BCUT2D eigenvalue weighted by Crippen LogP contribution is 2.31. The third-order valence-electron chi connectivity index (χ3n) is 4.44. The van der Waals surface area contributed by atoms with E-state index in [1.54, 1.807) is 12.4 Å². The number of fused-ring (bicyclic) bond motifs is 1. The Balaban J connectivity index is 1.69. The number of rotatable bonds is 3. The van der Waals surface area contributed by atoms with Crippen LogP contribution in [0.25, 0.3) is 44.8 Å². The molecule has 5 aromatic heterocycles. The Morgan fingerprint density at radius 3 is 2.67 bits per heavy atom. The van der Waals surface area contributed by atoms with Gasteiger partial charge in [-0.15, -0.1) is 0 Å². The number of aromatic nitrogens is 7. The second-order valence-electron chi connectivity index (χ2n) is 6.22. The topological polar surface area (TPSA) is 96.0 Å². The Hall–Kier alpha value is -3.87. The molecule has 0 bridgehead atoms. The number of nitrogens with zero attached hydrogens (tertiary/aromatic N) is 5. The molecule has 0 spiro atoms. The first kappa shape index (κ1) is 15.4. The van der Waals surface area contributed by atoms with Gasteiger partial charge < -0.3 is 0 Å². The molecular weight excluding hydrogens is 338 g/mol. The van der Waals surface area contributed by atoms with Crippen molar-refractivity contribution in [3.63, 3.8) is 0 Å². The van der Waals surface area contributed by atoms with Gasteiger partial charge in [0.2, 0.25) is 0 Å². The Morgan fingerprint density at radius 1 is 0.852 bits per heavy atom. The maximum atomic E-state index is 4.89. The Labute approximate surface area is 154 Å². The lowest BCUT2D eigenvalue weighted by molar-refractivity contribution is 1.08. The van der Waals surface area contributed by atoms with Gasteiger partial charge in [0.25, 0.3) is 0 Å². The van der Waals surface area contributed by atoms with Gasteiger partial charge in [0, 0.05) is 41.0 Å². The first-order chi connectivity index (χ1) is 13.3. The van der Waals surface area contributed by atoms with Crippen molar-refractivity contribution in [1.29, 1.82) is 0 Å². The summed E-state index contributed by atoms with van der Waals surface area (Å²) in [5.41, 5.74) is 7.85. The number of hydrogen-bond donors (Lipinski definition) is 2. The zero-order chi connectivity index (χ0) is 18.2. The molecule has 0 aliphatic rings. The van der Waals surface area contributed by atoms with E-state index in [1.807, 2.05) is 55.7 Å². The summed E-state index contributed by atoms with van der Waals surface area (Å²) in [5.74, 6) is 0. The van der Waals surface area contributed by atoms with Gasteiger partial charge in [-0.2, -0.15) is 10.2 Å². The summed E-state index contributed by atoms with van der Waals surface area (Å²) in [5, 5.41) is 14.2. The second-order valence-corrected chi connectivity index (χ2v) is 6.22. The molecule has 7 heteroatoms. The molecule has 5 aromatic rings. The van der Waals surface area contributed by atoms with Crippen LogP contribution in [0.2, 0.25) is 0 Å². The molecule has 0 amide bonds. The summed E-state index contributed by atoms with van der Waals surface area (Å²) in [7, 11) is 0. The molecular formula is C20H15N7. The van der Waals surface area contributed by atoms with Crippen LogP contribution in [0.4, 0.5) is 0 Å². The van der Waals surface area contributed by atoms with E-state index in [2.05, 4.69) is 30.4 Å². The maximum Gasteiger partial charge on any atom is 0.120 e. The van der Waals surface area contributed by atoms with E-state index in [1.165, 1.54) is 0 Å². The lowest BCUT2D eigenvalue weighted by Gasteiger charge is -2.07. The van der Waals surface area contributed by atoms with Crippen molar-refractivity contribution in [2.45, 2.75) is 6.92 Å². The summed E-state index contributed by atoms with van der Waals surface area (Å²) in [6, 6.07) is 11.8. The average Bonchev–Trinajstić information content (AvgIpc) is 3.39. The van der Waals surface area contributed by atoms with Crippen molar-refractivity contribution in [1.82, 2.24) is 35.3 Å². The van der Waals surface area contributed by atoms with Crippen LogP contribution in [-0.4, -0.2) is 35.3 Å². The molecule has 0 aliphatic carbocycles. The van der Waals surface area contributed by atoms with Crippen molar-refractivity contribution in [2.24, 2.45) is 0 Å². The molecule has 0 atom stereocenters. The molecule has 27 heavy (non-hydrogen) atoms. The van der Waals surface area contributed by atoms with E-state index < -0.39 is 0 Å². The van der Waals surface area contributed by atoms with Crippen molar-refractivity contribution >= 4 is 11.0 Å². The van der Waals surface area contributed by atoms with Gasteiger partial charge in [-0.3, -0.25) is 20.2 Å². The minimum Gasteiger partial charge on any atom is -0.285 e. The highest BCUT2D eigenvalue weighted by molar-refractivity contribution is 5.92. The first-order valence-electron chi connectivity index (χ1n) is 8.53. The SMILES string of the molecule is Cc1cccc(-c2n[nH]cc2-c2ccc3nccc(-c4cn[nH]c4)c3n2)n1. The van der Waals surface area contributed by atoms with E-state index in [0.29, 0.717) is 0 Å². The third-order valence-corrected chi connectivity index (χ3v) is 4.44. The number of aryl methyl sites for hydroxylation is 1. The summed E-state index contributed by atoms with van der Waals surface area (Å²) >= 11 is 0. The van der Waals surface area contributed by atoms with Crippen LogP contribution in [-0.2, 0) is 0 Å².